The smallest absolute Gasteiger partial charge is 0.261 e. The van der Waals surface area contributed by atoms with Crippen molar-refractivity contribution in [3.05, 3.63) is 193 Å². The van der Waals surface area contributed by atoms with E-state index in [1.54, 1.807) is 0 Å². The van der Waals surface area contributed by atoms with E-state index in [0.29, 0.717) is 19.8 Å². The van der Waals surface area contributed by atoms with Gasteiger partial charge in [-0.3, -0.25) is 4.90 Å². The predicted molar refractivity (Wildman–Crippen MR) is 247 cm³/mol. The molecule has 7 rings (SSSR count). The molecule has 1 fully saturated rings. The number of rotatable bonds is 14. The molecule has 0 radical (unpaired) electrons. The van der Waals surface area contributed by atoms with E-state index in [1.165, 1.54) is 20.7 Å². The number of β-amino-alcohol motifs (C(OH)–C–C–N with tert-alkyl or cyclic N) is 1. The summed E-state index contributed by atoms with van der Waals surface area (Å²) in [4.78, 5) is 2.55. The first-order chi connectivity index (χ1) is 27.9. The van der Waals surface area contributed by atoms with Gasteiger partial charge in [-0.1, -0.05) is 224 Å². The van der Waals surface area contributed by atoms with Crippen LogP contribution in [-0.2, 0) is 14.5 Å². The molecule has 0 unspecified atom stereocenters. The van der Waals surface area contributed by atoms with Crippen LogP contribution in [0.2, 0.25) is 10.1 Å². The van der Waals surface area contributed by atoms with Gasteiger partial charge in [-0.05, 0) is 54.8 Å². The Balaban J connectivity index is 1.31. The molecule has 1 aliphatic heterocycles. The van der Waals surface area contributed by atoms with Gasteiger partial charge in [0.15, 0.2) is 0 Å². The lowest BCUT2D eigenvalue weighted by atomic mass is 9.85. The summed E-state index contributed by atoms with van der Waals surface area (Å²) in [6, 6.07) is 64.2. The van der Waals surface area contributed by atoms with Gasteiger partial charge in [-0.15, -0.1) is 0 Å². The van der Waals surface area contributed by atoms with E-state index >= 15 is 0 Å². The molecule has 300 valence electrons. The van der Waals surface area contributed by atoms with Crippen LogP contribution in [-0.4, -0.2) is 58.5 Å². The molecule has 6 heteroatoms. The molecular formula is C52H61NO3Si2. The van der Waals surface area contributed by atoms with Gasteiger partial charge in [-0.2, -0.15) is 0 Å². The van der Waals surface area contributed by atoms with Crippen molar-refractivity contribution in [2.45, 2.75) is 82.1 Å². The normalized spacial score (nSPS) is 17.0. The lowest BCUT2D eigenvalue weighted by Gasteiger charge is -2.46. The van der Waals surface area contributed by atoms with Gasteiger partial charge in [0, 0.05) is 18.6 Å². The maximum absolute atomic E-state index is 13.2. The molecule has 0 bridgehead atoms. The first-order valence-electron chi connectivity index (χ1n) is 21.0. The molecular weight excluding hydrogens is 743 g/mol. The Labute approximate surface area is 349 Å². The first kappa shape index (κ1) is 41.7. The third-order valence-corrected chi connectivity index (χ3v) is 22.5. The van der Waals surface area contributed by atoms with Crippen LogP contribution in [0, 0.1) is 0 Å². The van der Waals surface area contributed by atoms with E-state index in [2.05, 4.69) is 192 Å². The Bertz CT molecular complexity index is 1930. The topological polar surface area (TPSA) is 41.9 Å². The van der Waals surface area contributed by atoms with Gasteiger partial charge < -0.3 is 14.0 Å². The summed E-state index contributed by atoms with van der Waals surface area (Å²) in [6.07, 6.45) is 1.87. The van der Waals surface area contributed by atoms with Crippen LogP contribution in [0.5, 0.6) is 0 Å². The average molecular weight is 804 g/mol. The summed E-state index contributed by atoms with van der Waals surface area (Å²) in [6.45, 7) is 15.6. The average Bonchev–Trinajstić information content (AvgIpc) is 3.62. The molecule has 2 atom stereocenters. The first-order valence-corrected chi connectivity index (χ1v) is 24.8. The van der Waals surface area contributed by atoms with E-state index in [0.717, 1.165) is 24.0 Å². The second-order valence-electron chi connectivity index (χ2n) is 18.1. The van der Waals surface area contributed by atoms with E-state index in [4.69, 9.17) is 8.85 Å². The minimum atomic E-state index is -2.83. The van der Waals surface area contributed by atoms with Gasteiger partial charge in [0.05, 0.1) is 13.2 Å². The second-order valence-corrected chi connectivity index (χ2v) is 26.7. The molecule has 0 aliphatic carbocycles. The van der Waals surface area contributed by atoms with Crippen molar-refractivity contribution in [3.63, 3.8) is 0 Å². The Morgan fingerprint density at radius 1 is 0.448 bits per heavy atom. The van der Waals surface area contributed by atoms with E-state index in [-0.39, 0.29) is 22.2 Å². The summed E-state index contributed by atoms with van der Waals surface area (Å²) < 4.78 is 15.4. The molecule has 0 amide bonds. The van der Waals surface area contributed by atoms with Crippen LogP contribution >= 0.6 is 0 Å². The fraction of sp³-hybridized carbons (Fsp3) is 0.308. The van der Waals surface area contributed by atoms with Crippen molar-refractivity contribution in [2.75, 3.05) is 19.8 Å². The largest absolute Gasteiger partial charge is 0.406 e. The van der Waals surface area contributed by atoms with E-state index < -0.39 is 22.2 Å². The summed E-state index contributed by atoms with van der Waals surface area (Å²) in [5, 5.41) is 18.0. The van der Waals surface area contributed by atoms with Crippen LogP contribution in [0.1, 0.15) is 65.5 Å². The molecule has 1 aliphatic rings. The van der Waals surface area contributed by atoms with Gasteiger partial charge >= 0.3 is 0 Å². The number of aliphatic hydroxyl groups is 1. The molecule has 0 saturated carbocycles. The van der Waals surface area contributed by atoms with Gasteiger partial charge in [0.1, 0.15) is 5.60 Å². The minimum absolute atomic E-state index is 0.0494. The maximum Gasteiger partial charge on any atom is 0.261 e. The van der Waals surface area contributed by atoms with Crippen LogP contribution < -0.4 is 20.7 Å². The molecule has 1 N–H and O–H groups in total. The summed E-state index contributed by atoms with van der Waals surface area (Å²) in [7, 11) is -5.66. The van der Waals surface area contributed by atoms with Gasteiger partial charge in [0.2, 0.25) is 0 Å². The van der Waals surface area contributed by atoms with Crippen molar-refractivity contribution in [3.8, 4) is 0 Å². The van der Waals surface area contributed by atoms with Crippen LogP contribution in [0.15, 0.2) is 182 Å². The fourth-order valence-electron chi connectivity index (χ4n) is 9.64. The Hall–Kier alpha value is -4.41. The van der Waals surface area contributed by atoms with Crippen molar-refractivity contribution in [1.82, 2.24) is 4.90 Å². The Kier molecular flexibility index (Phi) is 12.6. The number of likely N-dealkylation sites (tertiary alicyclic amines) is 1. The standard InChI is InChI=1S/C52H61NO3Si2/c1-50(2,3)57(46-29-17-9-18-30-46,47-31-19-10-20-32-47)55-39-44-37-38-45(53(44)41-52(54,42-25-13-7-14-26-42)43-27-15-8-16-28-43)40-56-58(51(4,5)6,48-33-21-11-22-34-48)49-35-23-12-24-36-49/h7-36,44-45,54H,37-41H2,1-6H3/t44-,45-/m1/s1. The zero-order valence-corrected chi connectivity index (χ0v) is 37.2. The third kappa shape index (κ3) is 8.11. The van der Waals surface area contributed by atoms with Crippen molar-refractivity contribution < 1.29 is 14.0 Å². The number of benzene rings is 6. The zero-order chi connectivity index (χ0) is 40.9. The highest BCUT2D eigenvalue weighted by Crippen LogP contribution is 2.41. The Morgan fingerprint density at radius 3 is 0.966 bits per heavy atom. The Morgan fingerprint density at radius 2 is 0.707 bits per heavy atom. The van der Waals surface area contributed by atoms with Gasteiger partial charge in [0.25, 0.3) is 16.6 Å². The quantitative estimate of drug-likeness (QED) is 0.112. The van der Waals surface area contributed by atoms with Crippen LogP contribution in [0.4, 0.5) is 0 Å². The highest BCUT2D eigenvalue weighted by atomic mass is 28.4. The minimum Gasteiger partial charge on any atom is -0.406 e. The SMILES string of the molecule is CC(C)(C)[Si](OC[C@H]1CC[C@H](CO[Si](c2ccccc2)(c2ccccc2)C(C)(C)C)N1CC(O)(c1ccccc1)c1ccccc1)(c1ccccc1)c1ccccc1. The molecule has 1 saturated heterocycles. The maximum atomic E-state index is 13.2. The molecule has 0 spiro atoms. The number of hydrogen-bond acceptors (Lipinski definition) is 4. The monoisotopic (exact) mass is 803 g/mol. The van der Waals surface area contributed by atoms with Crippen molar-refractivity contribution >= 4 is 37.4 Å². The highest BCUT2D eigenvalue weighted by molar-refractivity contribution is 7.00. The van der Waals surface area contributed by atoms with Crippen molar-refractivity contribution in [1.29, 1.82) is 0 Å². The highest BCUT2D eigenvalue weighted by Gasteiger charge is 2.53. The summed E-state index contributed by atoms with van der Waals surface area (Å²) in [5.74, 6) is 0. The molecule has 4 nitrogen and oxygen atoms in total. The molecule has 1 heterocycles. The van der Waals surface area contributed by atoms with E-state index in [1.807, 2.05) is 36.4 Å². The predicted octanol–water partition coefficient (Wildman–Crippen LogP) is 8.91. The van der Waals surface area contributed by atoms with Gasteiger partial charge in [-0.25, -0.2) is 0 Å². The lowest BCUT2D eigenvalue weighted by molar-refractivity contribution is 0.00106. The summed E-state index contributed by atoms with van der Waals surface area (Å²) in [5.41, 5.74) is 0.496. The van der Waals surface area contributed by atoms with Crippen LogP contribution in [0.3, 0.4) is 0 Å². The fourth-order valence-corrected chi connectivity index (χ4v) is 18.8. The molecule has 0 aromatic heterocycles. The zero-order valence-electron chi connectivity index (χ0n) is 35.2. The van der Waals surface area contributed by atoms with E-state index in [9.17, 15) is 5.11 Å². The molecule has 6 aromatic carbocycles. The van der Waals surface area contributed by atoms with Crippen LogP contribution in [0.25, 0.3) is 0 Å². The molecule has 58 heavy (non-hydrogen) atoms. The second kappa shape index (κ2) is 17.4. The van der Waals surface area contributed by atoms with Crippen molar-refractivity contribution in [2.24, 2.45) is 0 Å². The lowest BCUT2D eigenvalue weighted by Crippen LogP contribution is -2.68. The number of nitrogens with zero attached hydrogens (tertiary/aromatic N) is 1. The number of hydrogen-bond donors (Lipinski definition) is 1. The third-order valence-electron chi connectivity index (χ3n) is 12.5. The molecule has 6 aromatic rings. The summed E-state index contributed by atoms with van der Waals surface area (Å²) >= 11 is 0.